The monoisotopic (exact) mass is 459 g/mol. The van der Waals surface area contributed by atoms with E-state index in [1.165, 1.54) is 12.3 Å². The van der Waals surface area contributed by atoms with E-state index in [1.807, 2.05) is 26.0 Å². The molecule has 0 amide bonds. The average molecular weight is 460 g/mol. The molecule has 1 N–H and O–H groups in total. The van der Waals surface area contributed by atoms with Gasteiger partial charge in [0.05, 0.1) is 28.8 Å². The Morgan fingerprint density at radius 2 is 2.06 bits per heavy atom. The Balaban J connectivity index is 1.67. The highest BCUT2D eigenvalue weighted by Crippen LogP contribution is 2.36. The third-order valence-electron chi connectivity index (χ3n) is 4.79. The van der Waals surface area contributed by atoms with Gasteiger partial charge >= 0.3 is 0 Å². The van der Waals surface area contributed by atoms with Gasteiger partial charge in [-0.25, -0.2) is 13.4 Å². The number of nitrogens with zero attached hydrogens (tertiary/aromatic N) is 2. The third-order valence-corrected chi connectivity index (χ3v) is 7.28. The molecule has 0 fully saturated rings. The molecular weight excluding hydrogens is 434 g/mol. The van der Waals surface area contributed by atoms with E-state index in [-0.39, 0.29) is 11.0 Å². The minimum atomic E-state index is -3.31. The highest BCUT2D eigenvalue weighted by atomic mass is 32.2. The van der Waals surface area contributed by atoms with Crippen LogP contribution in [0.2, 0.25) is 0 Å². The van der Waals surface area contributed by atoms with Gasteiger partial charge in [-0.1, -0.05) is 18.7 Å². The van der Waals surface area contributed by atoms with Crippen LogP contribution < -0.4 is 9.47 Å². The summed E-state index contributed by atoms with van der Waals surface area (Å²) in [4.78, 5) is 12.4. The summed E-state index contributed by atoms with van der Waals surface area (Å²) in [5.74, 6) is 1.54. The number of hydrogen-bond acceptors (Lipinski definition) is 7. The van der Waals surface area contributed by atoms with Crippen molar-refractivity contribution in [3.8, 4) is 17.4 Å². The van der Waals surface area contributed by atoms with Crippen molar-refractivity contribution < 1.29 is 17.9 Å². The molecule has 1 aliphatic rings. The first-order valence-electron chi connectivity index (χ1n) is 10.1. The van der Waals surface area contributed by atoms with Gasteiger partial charge in [0.1, 0.15) is 16.5 Å². The lowest BCUT2D eigenvalue weighted by molar-refractivity contribution is 0.244. The van der Waals surface area contributed by atoms with Gasteiger partial charge in [-0.15, -0.1) is 0 Å². The van der Waals surface area contributed by atoms with Crippen LogP contribution in [0.1, 0.15) is 32.9 Å². The fourth-order valence-corrected chi connectivity index (χ4v) is 4.83. The number of sulfone groups is 1. The maximum Gasteiger partial charge on any atom is 0.219 e. The van der Waals surface area contributed by atoms with Crippen LogP contribution in [-0.2, 0) is 9.84 Å². The number of pyridine rings is 1. The van der Waals surface area contributed by atoms with E-state index in [0.717, 1.165) is 40.9 Å². The second-order valence-corrected chi connectivity index (χ2v) is 11.0. The molecule has 0 saturated carbocycles. The Bertz CT molecular complexity index is 1230. The van der Waals surface area contributed by atoms with Crippen molar-refractivity contribution in [1.82, 2.24) is 9.97 Å². The van der Waals surface area contributed by atoms with E-state index in [2.05, 4.69) is 28.0 Å². The van der Waals surface area contributed by atoms with Gasteiger partial charge in [-0.05, 0) is 38.5 Å². The SMILES string of the molecule is CCC1CN=C(c2cc3cc(Oc4ccc(S(C)(=O)=O)cn4)cc(OC(C)C)c3[nH]2)S1. The Morgan fingerprint density at radius 3 is 2.68 bits per heavy atom. The first-order chi connectivity index (χ1) is 14.7. The number of benzene rings is 1. The summed E-state index contributed by atoms with van der Waals surface area (Å²) in [6, 6.07) is 8.80. The highest BCUT2D eigenvalue weighted by Gasteiger charge is 2.22. The molecular formula is C22H25N3O4S2. The topological polar surface area (TPSA) is 93.6 Å². The fraction of sp³-hybridized carbons (Fsp3) is 0.364. The Hall–Kier alpha value is -2.52. The normalized spacial score (nSPS) is 16.7. The summed E-state index contributed by atoms with van der Waals surface area (Å²) in [5, 5.41) is 2.48. The number of H-pyrrole nitrogens is 1. The molecule has 1 unspecified atom stereocenters. The predicted molar refractivity (Wildman–Crippen MR) is 125 cm³/mol. The summed E-state index contributed by atoms with van der Waals surface area (Å²) >= 11 is 1.80. The number of ether oxygens (including phenoxy) is 2. The molecule has 0 saturated heterocycles. The summed E-state index contributed by atoms with van der Waals surface area (Å²) in [7, 11) is -3.31. The van der Waals surface area contributed by atoms with E-state index >= 15 is 0 Å². The van der Waals surface area contributed by atoms with Crippen molar-refractivity contribution in [2.24, 2.45) is 4.99 Å². The second-order valence-electron chi connectivity index (χ2n) is 7.74. The van der Waals surface area contributed by atoms with Crippen LogP contribution in [0.15, 0.2) is 46.4 Å². The Labute approximate surface area is 186 Å². The first kappa shape index (κ1) is 21.7. The van der Waals surface area contributed by atoms with Crippen molar-refractivity contribution in [3.05, 3.63) is 42.2 Å². The number of aliphatic imine (C=N–C) groups is 1. The highest BCUT2D eigenvalue weighted by molar-refractivity contribution is 8.15. The average Bonchev–Trinajstić information content (AvgIpc) is 3.34. The summed E-state index contributed by atoms with van der Waals surface area (Å²) in [6.07, 6.45) is 3.51. The zero-order valence-corrected chi connectivity index (χ0v) is 19.5. The summed E-state index contributed by atoms with van der Waals surface area (Å²) < 4.78 is 35.2. The lowest BCUT2D eigenvalue weighted by Gasteiger charge is -2.13. The van der Waals surface area contributed by atoms with Gasteiger partial charge in [-0.3, -0.25) is 4.99 Å². The van der Waals surface area contributed by atoms with Crippen LogP contribution >= 0.6 is 11.8 Å². The van der Waals surface area contributed by atoms with E-state index in [9.17, 15) is 8.42 Å². The number of nitrogens with one attached hydrogen (secondary N) is 1. The van der Waals surface area contributed by atoms with E-state index in [4.69, 9.17) is 9.47 Å². The van der Waals surface area contributed by atoms with Gasteiger partial charge in [0.2, 0.25) is 5.88 Å². The summed E-state index contributed by atoms with van der Waals surface area (Å²) in [5.41, 5.74) is 1.86. The van der Waals surface area contributed by atoms with E-state index < -0.39 is 9.84 Å². The van der Waals surface area contributed by atoms with Gasteiger partial charge in [0.25, 0.3) is 0 Å². The van der Waals surface area contributed by atoms with Crippen LogP contribution in [0.5, 0.6) is 17.4 Å². The molecule has 0 radical (unpaired) electrons. The minimum Gasteiger partial charge on any atom is -0.489 e. The molecule has 1 aliphatic heterocycles. The number of hydrogen-bond donors (Lipinski definition) is 1. The number of thioether (sulfide) groups is 1. The van der Waals surface area contributed by atoms with Gasteiger partial charge in [0, 0.05) is 35.2 Å². The van der Waals surface area contributed by atoms with Crippen LogP contribution in [0.4, 0.5) is 0 Å². The van der Waals surface area contributed by atoms with Crippen LogP contribution in [0, 0.1) is 0 Å². The number of aromatic amines is 1. The number of fused-ring (bicyclic) bond motifs is 1. The van der Waals surface area contributed by atoms with Crippen molar-refractivity contribution in [2.45, 2.75) is 43.4 Å². The second kappa shape index (κ2) is 8.55. The molecule has 0 spiro atoms. The maximum absolute atomic E-state index is 11.6. The molecule has 0 bridgehead atoms. The van der Waals surface area contributed by atoms with Gasteiger partial charge < -0.3 is 14.5 Å². The maximum atomic E-state index is 11.6. The molecule has 31 heavy (non-hydrogen) atoms. The number of aromatic nitrogens is 2. The van der Waals surface area contributed by atoms with Crippen molar-refractivity contribution in [2.75, 3.05) is 12.8 Å². The molecule has 1 atom stereocenters. The molecule has 1 aromatic carbocycles. The lowest BCUT2D eigenvalue weighted by atomic mass is 10.2. The number of rotatable bonds is 7. The molecule has 7 nitrogen and oxygen atoms in total. The van der Waals surface area contributed by atoms with Crippen molar-refractivity contribution in [3.63, 3.8) is 0 Å². The molecule has 4 rings (SSSR count). The smallest absolute Gasteiger partial charge is 0.219 e. The minimum absolute atomic E-state index is 0.0139. The largest absolute Gasteiger partial charge is 0.489 e. The first-order valence-corrected chi connectivity index (χ1v) is 12.9. The lowest BCUT2D eigenvalue weighted by Crippen LogP contribution is -2.06. The predicted octanol–water partition coefficient (Wildman–Crippen LogP) is 4.82. The van der Waals surface area contributed by atoms with Crippen LogP contribution in [0.25, 0.3) is 10.9 Å². The Kier molecular flexibility index (Phi) is 5.98. The van der Waals surface area contributed by atoms with E-state index in [0.29, 0.717) is 22.6 Å². The quantitative estimate of drug-likeness (QED) is 0.545. The fourth-order valence-electron chi connectivity index (χ4n) is 3.25. The van der Waals surface area contributed by atoms with E-state index in [1.54, 1.807) is 17.8 Å². The third kappa shape index (κ3) is 4.88. The molecule has 9 heteroatoms. The van der Waals surface area contributed by atoms with Crippen LogP contribution in [0.3, 0.4) is 0 Å². The van der Waals surface area contributed by atoms with Gasteiger partial charge in [0.15, 0.2) is 9.84 Å². The molecule has 3 heterocycles. The molecule has 0 aliphatic carbocycles. The summed E-state index contributed by atoms with van der Waals surface area (Å²) in [6.45, 7) is 6.95. The zero-order valence-electron chi connectivity index (χ0n) is 17.9. The van der Waals surface area contributed by atoms with Crippen molar-refractivity contribution >= 4 is 37.5 Å². The van der Waals surface area contributed by atoms with Gasteiger partial charge in [-0.2, -0.15) is 0 Å². The zero-order chi connectivity index (χ0) is 22.2. The molecule has 164 valence electrons. The molecule has 2 aromatic heterocycles. The Morgan fingerprint density at radius 1 is 1.26 bits per heavy atom. The standard InChI is InChI=1S/C22H25N3O4S2/c1-5-16-11-24-22(30-16)18-9-14-8-15(10-19(21(14)25-18)28-13(2)3)29-20-7-6-17(12-23-20)31(4,26)27/h6-10,12-13,16,25H,5,11H2,1-4H3. The van der Waals surface area contributed by atoms with Crippen LogP contribution in [-0.4, -0.2) is 47.6 Å². The van der Waals surface area contributed by atoms with Crippen molar-refractivity contribution in [1.29, 1.82) is 0 Å². The molecule has 3 aromatic rings.